The Morgan fingerprint density at radius 2 is 1.90 bits per heavy atom. The first-order chi connectivity index (χ1) is 19.5. The van der Waals surface area contributed by atoms with Crippen LogP contribution in [0.2, 0.25) is 0 Å². The van der Waals surface area contributed by atoms with Gasteiger partial charge in [0.15, 0.2) is 11.6 Å². The van der Waals surface area contributed by atoms with Crippen molar-refractivity contribution < 1.29 is 23.5 Å². The quantitative estimate of drug-likeness (QED) is 0.380. The average Bonchev–Trinajstić information content (AvgIpc) is 2.98. The average molecular weight is 539 g/mol. The molecule has 7 rings (SSSR count). The molecule has 4 heterocycles. The molecule has 1 atom stereocenters. The van der Waals surface area contributed by atoms with Crippen LogP contribution in [0.15, 0.2) is 79.4 Å². The minimum Gasteiger partial charge on any atom is -0.494 e. The molecule has 3 aliphatic rings. The number of rotatable bonds is 1. The minimum absolute atomic E-state index is 0.0532. The number of nitrogens with zero attached hydrogens (tertiary/aromatic N) is 3. The highest BCUT2D eigenvalue weighted by molar-refractivity contribution is 5.94. The van der Waals surface area contributed by atoms with Gasteiger partial charge in [-0.15, -0.1) is 0 Å². The number of benzene rings is 3. The van der Waals surface area contributed by atoms with Crippen LogP contribution in [0.5, 0.6) is 17.2 Å². The van der Waals surface area contributed by atoms with Crippen LogP contribution in [-0.2, 0) is 17.6 Å². The highest BCUT2D eigenvalue weighted by atomic mass is 19.1. The number of hydrogen-bond donors (Lipinski definition) is 1. The zero-order valence-corrected chi connectivity index (χ0v) is 21.7. The number of carbonyl (C=O) groups excluding carboxylic acids is 2. The summed E-state index contributed by atoms with van der Waals surface area (Å²) in [7, 11) is 0. The molecule has 8 bridgehead atoms. The fraction of sp³-hybridized carbons (Fsp3) is 0.226. The smallest absolute Gasteiger partial charge is 0.257 e. The molecule has 9 heteroatoms. The van der Waals surface area contributed by atoms with E-state index in [0.29, 0.717) is 55.2 Å². The summed E-state index contributed by atoms with van der Waals surface area (Å²) in [6, 6.07) is 17.4. The fourth-order valence-electron chi connectivity index (χ4n) is 5.20. The molecule has 1 N–H and O–H groups in total. The summed E-state index contributed by atoms with van der Waals surface area (Å²) in [6.07, 6.45) is 5.75. The molecule has 202 valence electrons. The van der Waals surface area contributed by atoms with Crippen LogP contribution < -0.4 is 14.8 Å². The largest absolute Gasteiger partial charge is 0.494 e. The van der Waals surface area contributed by atoms with Gasteiger partial charge in [-0.2, -0.15) is 0 Å². The highest BCUT2D eigenvalue weighted by Gasteiger charge is 2.33. The molecule has 1 unspecified atom stereocenters. The maximum absolute atomic E-state index is 14.7. The van der Waals surface area contributed by atoms with E-state index in [0.717, 1.165) is 16.7 Å². The molecule has 0 saturated carbocycles. The molecular formula is C31H27FN4O4. The number of fused-ring (bicyclic) bond motifs is 7. The Hall–Kier alpha value is -4.79. The van der Waals surface area contributed by atoms with E-state index in [9.17, 15) is 14.0 Å². The Labute approximate surface area is 230 Å². The molecule has 0 radical (unpaired) electrons. The molecule has 8 nitrogen and oxygen atoms in total. The summed E-state index contributed by atoms with van der Waals surface area (Å²) in [4.78, 5) is 36.0. The SMILES string of the molecule is O=C1Cc2ccc(F)c(c2)Oc2ccc3c(c2)CCN(C(=O)c2cncnc2)C3c2cccc(c2)OCCCN1. The first kappa shape index (κ1) is 25.5. The number of ether oxygens (including phenoxy) is 2. The molecular weight excluding hydrogens is 511 g/mol. The number of amides is 2. The molecule has 0 fully saturated rings. The molecule has 3 aliphatic heterocycles. The van der Waals surface area contributed by atoms with E-state index in [2.05, 4.69) is 15.3 Å². The molecule has 1 aromatic heterocycles. The zero-order chi connectivity index (χ0) is 27.5. The second kappa shape index (κ2) is 11.1. The normalized spacial score (nSPS) is 17.0. The maximum atomic E-state index is 14.7. The lowest BCUT2D eigenvalue weighted by molar-refractivity contribution is -0.120. The lowest BCUT2D eigenvalue weighted by Crippen LogP contribution is -2.40. The van der Waals surface area contributed by atoms with Crippen molar-refractivity contribution in [3.8, 4) is 17.2 Å². The van der Waals surface area contributed by atoms with Gasteiger partial charge >= 0.3 is 0 Å². The Bertz CT molecular complexity index is 1560. The third-order valence-electron chi connectivity index (χ3n) is 7.09. The van der Waals surface area contributed by atoms with Crippen LogP contribution in [0.3, 0.4) is 0 Å². The van der Waals surface area contributed by atoms with Gasteiger partial charge in [0.1, 0.15) is 17.8 Å². The van der Waals surface area contributed by atoms with Gasteiger partial charge in [-0.3, -0.25) is 9.59 Å². The summed E-state index contributed by atoms with van der Waals surface area (Å²) < 4.78 is 26.7. The molecule has 0 spiro atoms. The van der Waals surface area contributed by atoms with Crippen molar-refractivity contribution in [1.29, 1.82) is 0 Å². The summed E-state index contributed by atoms with van der Waals surface area (Å²) >= 11 is 0. The number of carbonyl (C=O) groups is 2. The molecule has 0 saturated heterocycles. The maximum Gasteiger partial charge on any atom is 0.257 e. The lowest BCUT2D eigenvalue weighted by Gasteiger charge is -2.38. The minimum atomic E-state index is -0.513. The van der Waals surface area contributed by atoms with Crippen molar-refractivity contribution in [2.24, 2.45) is 0 Å². The second-order valence-electron chi connectivity index (χ2n) is 9.81. The Balaban J connectivity index is 1.42. The van der Waals surface area contributed by atoms with E-state index in [1.807, 2.05) is 41.3 Å². The van der Waals surface area contributed by atoms with Crippen molar-refractivity contribution >= 4 is 11.8 Å². The van der Waals surface area contributed by atoms with Gasteiger partial charge in [0.25, 0.3) is 5.91 Å². The van der Waals surface area contributed by atoms with E-state index in [-0.39, 0.29) is 24.0 Å². The number of nitrogens with one attached hydrogen (secondary N) is 1. The number of halogens is 1. The number of aromatic nitrogens is 2. The molecule has 3 aromatic carbocycles. The molecule has 4 aromatic rings. The van der Waals surface area contributed by atoms with Gasteiger partial charge in [0.05, 0.1) is 24.6 Å². The topological polar surface area (TPSA) is 93.7 Å². The van der Waals surface area contributed by atoms with E-state index in [4.69, 9.17) is 9.47 Å². The van der Waals surface area contributed by atoms with Crippen LogP contribution >= 0.6 is 0 Å². The summed E-state index contributed by atoms with van der Waals surface area (Å²) in [6.45, 7) is 1.31. The summed E-state index contributed by atoms with van der Waals surface area (Å²) in [5, 5.41) is 2.88. The van der Waals surface area contributed by atoms with Crippen molar-refractivity contribution in [2.75, 3.05) is 19.7 Å². The predicted octanol–water partition coefficient (Wildman–Crippen LogP) is 4.64. The first-order valence-electron chi connectivity index (χ1n) is 13.2. The Morgan fingerprint density at radius 1 is 1.02 bits per heavy atom. The van der Waals surface area contributed by atoms with Gasteiger partial charge < -0.3 is 19.7 Å². The van der Waals surface area contributed by atoms with Gasteiger partial charge in [-0.1, -0.05) is 24.3 Å². The molecule has 2 amide bonds. The Kier molecular flexibility index (Phi) is 7.09. The van der Waals surface area contributed by atoms with Gasteiger partial charge in [-0.05, 0) is 71.5 Å². The van der Waals surface area contributed by atoms with E-state index in [1.54, 1.807) is 18.2 Å². The van der Waals surface area contributed by atoms with Crippen LogP contribution in [0, 0.1) is 5.82 Å². The highest BCUT2D eigenvalue weighted by Crippen LogP contribution is 2.39. The van der Waals surface area contributed by atoms with E-state index < -0.39 is 11.9 Å². The van der Waals surface area contributed by atoms with Gasteiger partial charge in [0.2, 0.25) is 5.91 Å². The third-order valence-corrected chi connectivity index (χ3v) is 7.09. The second-order valence-corrected chi connectivity index (χ2v) is 9.81. The van der Waals surface area contributed by atoms with Crippen LogP contribution in [0.25, 0.3) is 0 Å². The number of hydrogen-bond acceptors (Lipinski definition) is 6. The molecule has 40 heavy (non-hydrogen) atoms. The van der Waals surface area contributed by atoms with Crippen molar-refractivity contribution in [2.45, 2.75) is 25.3 Å². The van der Waals surface area contributed by atoms with Gasteiger partial charge in [-0.25, -0.2) is 14.4 Å². The van der Waals surface area contributed by atoms with Crippen LogP contribution in [0.4, 0.5) is 4.39 Å². The van der Waals surface area contributed by atoms with Crippen molar-refractivity contribution in [3.63, 3.8) is 0 Å². The Morgan fingerprint density at radius 3 is 2.77 bits per heavy atom. The predicted molar refractivity (Wildman–Crippen MR) is 145 cm³/mol. The van der Waals surface area contributed by atoms with E-state index >= 15 is 0 Å². The summed E-state index contributed by atoms with van der Waals surface area (Å²) in [5.74, 6) is 0.362. The van der Waals surface area contributed by atoms with E-state index in [1.165, 1.54) is 24.8 Å². The lowest BCUT2D eigenvalue weighted by atomic mass is 9.87. The monoisotopic (exact) mass is 538 g/mol. The van der Waals surface area contributed by atoms with Crippen LogP contribution in [-0.4, -0.2) is 46.4 Å². The van der Waals surface area contributed by atoms with Crippen molar-refractivity contribution in [3.05, 3.63) is 113 Å². The van der Waals surface area contributed by atoms with Gasteiger partial charge in [0, 0.05) is 25.5 Å². The fourth-order valence-corrected chi connectivity index (χ4v) is 5.20. The van der Waals surface area contributed by atoms with Crippen LogP contribution in [0.1, 0.15) is 45.1 Å². The van der Waals surface area contributed by atoms with Crippen molar-refractivity contribution in [1.82, 2.24) is 20.2 Å². The summed E-state index contributed by atoms with van der Waals surface area (Å²) in [5.41, 5.74) is 3.89. The standard InChI is InChI=1S/C31H27FN4O4/c32-27-8-5-20-13-28(27)40-25-6-7-26-21(15-25)9-11-36(31(38)23-17-33-19-34-18-23)30(26)22-3-1-4-24(16-22)39-12-2-10-35-29(37)14-20/h1,3-8,13,15-19,30H,2,9-12,14H2,(H,35,37). The first-order valence-corrected chi connectivity index (χ1v) is 13.2. The third kappa shape index (κ3) is 5.36. The zero-order valence-electron chi connectivity index (χ0n) is 21.7. The molecule has 0 aliphatic carbocycles.